The number of halogens is 1. The summed E-state index contributed by atoms with van der Waals surface area (Å²) in [5.41, 5.74) is 3.94. The third-order valence-electron chi connectivity index (χ3n) is 4.04. The van der Waals surface area contributed by atoms with Crippen molar-refractivity contribution in [2.24, 2.45) is 0 Å². The average molecular weight is 421 g/mol. The molecule has 0 saturated carbocycles. The van der Waals surface area contributed by atoms with E-state index in [0.717, 1.165) is 33.7 Å². The third kappa shape index (κ3) is 3.11. The Morgan fingerprint density at radius 2 is 1.89 bits per heavy atom. The number of para-hydroxylation sites is 1. The molecule has 0 aliphatic heterocycles. The molecule has 3 aromatic heterocycles. The van der Waals surface area contributed by atoms with Gasteiger partial charge in [-0.1, -0.05) is 18.2 Å². The maximum absolute atomic E-state index is 5.87. The molecule has 0 fully saturated rings. The van der Waals surface area contributed by atoms with E-state index >= 15 is 0 Å². The number of hydrogen-bond donors (Lipinski definition) is 3. The van der Waals surface area contributed by atoms with Crippen LogP contribution in [0, 0.1) is 0 Å². The Morgan fingerprint density at radius 3 is 2.78 bits per heavy atom. The zero-order chi connectivity index (χ0) is 18.2. The largest absolute Gasteiger partial charge is 0.457 e. The average Bonchev–Trinajstić information content (AvgIpc) is 3.26. The van der Waals surface area contributed by atoms with Gasteiger partial charge in [0.15, 0.2) is 5.65 Å². The monoisotopic (exact) mass is 420 g/mol. The van der Waals surface area contributed by atoms with Gasteiger partial charge in [0, 0.05) is 12.3 Å². The number of nitrogens with one attached hydrogen (secondary N) is 3. The topological polar surface area (TPSA) is 91.5 Å². The number of anilines is 2. The smallest absolute Gasteiger partial charge is 0.205 e. The lowest BCUT2D eigenvalue weighted by atomic mass is 10.3. The summed E-state index contributed by atoms with van der Waals surface area (Å²) in [5, 5.41) is 3.25. The fraction of sp³-hybridized carbons (Fsp3) is 0. The van der Waals surface area contributed by atoms with Crippen molar-refractivity contribution in [3.05, 3.63) is 65.5 Å². The highest BCUT2D eigenvalue weighted by Crippen LogP contribution is 2.28. The number of ether oxygens (including phenoxy) is 1. The molecule has 0 atom stereocenters. The van der Waals surface area contributed by atoms with Crippen LogP contribution in [-0.2, 0) is 0 Å². The second-order valence-corrected chi connectivity index (χ2v) is 6.71. The molecule has 0 saturated heterocycles. The minimum absolute atomic E-state index is 0.615. The predicted octanol–water partition coefficient (Wildman–Crippen LogP) is 5.13. The summed E-state index contributed by atoms with van der Waals surface area (Å²) in [4.78, 5) is 19.7. The Labute approximate surface area is 162 Å². The first-order valence-electron chi connectivity index (χ1n) is 8.24. The van der Waals surface area contributed by atoms with Gasteiger partial charge >= 0.3 is 0 Å². The third-order valence-corrected chi connectivity index (χ3v) is 4.42. The van der Waals surface area contributed by atoms with Gasteiger partial charge in [-0.2, -0.15) is 0 Å². The van der Waals surface area contributed by atoms with Gasteiger partial charge in [-0.15, -0.1) is 0 Å². The van der Waals surface area contributed by atoms with E-state index in [-0.39, 0.29) is 0 Å². The SMILES string of the molecule is Brc1cnc2[nH]cc(Nc3nc4cc(Oc5ccccc5)ccc4[nH]3)c2n1. The molecule has 3 N–H and O–H groups in total. The van der Waals surface area contributed by atoms with Crippen LogP contribution in [0.1, 0.15) is 0 Å². The maximum Gasteiger partial charge on any atom is 0.205 e. The highest BCUT2D eigenvalue weighted by Gasteiger charge is 2.10. The van der Waals surface area contributed by atoms with Crippen LogP contribution in [0.15, 0.2) is 65.5 Å². The first kappa shape index (κ1) is 15.8. The number of aromatic amines is 2. The Hall–Kier alpha value is -3.39. The highest BCUT2D eigenvalue weighted by atomic mass is 79.9. The molecule has 0 spiro atoms. The van der Waals surface area contributed by atoms with Crippen LogP contribution in [-0.4, -0.2) is 24.9 Å². The van der Waals surface area contributed by atoms with E-state index in [1.54, 1.807) is 6.20 Å². The van der Waals surface area contributed by atoms with Crippen molar-refractivity contribution in [3.8, 4) is 11.5 Å². The second-order valence-electron chi connectivity index (χ2n) is 5.90. The normalized spacial score (nSPS) is 11.1. The van der Waals surface area contributed by atoms with Gasteiger partial charge in [-0.05, 0) is 40.2 Å². The summed E-state index contributed by atoms with van der Waals surface area (Å²) in [7, 11) is 0. The van der Waals surface area contributed by atoms with E-state index in [0.29, 0.717) is 16.2 Å². The van der Waals surface area contributed by atoms with Crippen LogP contribution < -0.4 is 10.1 Å². The van der Waals surface area contributed by atoms with Crippen LogP contribution in [0.25, 0.3) is 22.2 Å². The maximum atomic E-state index is 5.87. The zero-order valence-corrected chi connectivity index (χ0v) is 15.5. The lowest BCUT2D eigenvalue weighted by Gasteiger charge is -2.04. The van der Waals surface area contributed by atoms with E-state index in [1.165, 1.54) is 0 Å². The first-order chi connectivity index (χ1) is 13.2. The number of imidazole rings is 1. The van der Waals surface area contributed by atoms with Crippen molar-refractivity contribution in [2.75, 3.05) is 5.32 Å². The molecule has 132 valence electrons. The minimum atomic E-state index is 0.615. The van der Waals surface area contributed by atoms with E-state index in [4.69, 9.17) is 4.74 Å². The molecule has 0 aliphatic rings. The van der Waals surface area contributed by atoms with Gasteiger partial charge in [-0.25, -0.2) is 15.0 Å². The van der Waals surface area contributed by atoms with E-state index < -0.39 is 0 Å². The Kier molecular flexibility index (Phi) is 3.75. The molecule has 5 aromatic rings. The summed E-state index contributed by atoms with van der Waals surface area (Å²) in [5.74, 6) is 2.13. The van der Waals surface area contributed by atoms with Gasteiger partial charge in [0.2, 0.25) is 5.95 Å². The molecule has 0 unspecified atom stereocenters. The van der Waals surface area contributed by atoms with Gasteiger partial charge in [0.1, 0.15) is 21.6 Å². The number of benzene rings is 2. The number of H-pyrrole nitrogens is 2. The molecule has 0 bridgehead atoms. The van der Waals surface area contributed by atoms with Crippen molar-refractivity contribution < 1.29 is 4.74 Å². The van der Waals surface area contributed by atoms with Gasteiger partial charge in [-0.3, -0.25) is 0 Å². The van der Waals surface area contributed by atoms with Crippen LogP contribution in [0.2, 0.25) is 0 Å². The van der Waals surface area contributed by atoms with E-state index in [9.17, 15) is 0 Å². The van der Waals surface area contributed by atoms with Crippen molar-refractivity contribution in [2.45, 2.75) is 0 Å². The molecule has 3 heterocycles. The molecule has 0 amide bonds. The molecule has 0 aliphatic carbocycles. The Bertz CT molecular complexity index is 1250. The van der Waals surface area contributed by atoms with Crippen LogP contribution in [0.5, 0.6) is 11.5 Å². The fourth-order valence-electron chi connectivity index (χ4n) is 2.83. The lowest BCUT2D eigenvalue weighted by molar-refractivity contribution is 0.483. The van der Waals surface area contributed by atoms with E-state index in [1.807, 2.05) is 54.7 Å². The van der Waals surface area contributed by atoms with Crippen LogP contribution >= 0.6 is 15.9 Å². The lowest BCUT2D eigenvalue weighted by Crippen LogP contribution is -1.92. The second kappa shape index (κ2) is 6.40. The van der Waals surface area contributed by atoms with Crippen molar-refractivity contribution in [1.29, 1.82) is 0 Å². The molecule has 27 heavy (non-hydrogen) atoms. The van der Waals surface area contributed by atoms with Crippen molar-refractivity contribution in [3.63, 3.8) is 0 Å². The van der Waals surface area contributed by atoms with E-state index in [2.05, 4.69) is 46.2 Å². The number of hydrogen-bond acceptors (Lipinski definition) is 5. The van der Waals surface area contributed by atoms with Gasteiger partial charge in [0.05, 0.1) is 22.9 Å². The zero-order valence-electron chi connectivity index (χ0n) is 13.9. The molecule has 0 radical (unpaired) electrons. The highest BCUT2D eigenvalue weighted by molar-refractivity contribution is 9.10. The molecule has 8 heteroatoms. The molecular weight excluding hydrogens is 408 g/mol. The number of aromatic nitrogens is 5. The van der Waals surface area contributed by atoms with Crippen molar-refractivity contribution >= 4 is 49.8 Å². The summed E-state index contributed by atoms with van der Waals surface area (Å²) in [6.45, 7) is 0. The fourth-order valence-corrected chi connectivity index (χ4v) is 3.11. The molecule has 7 nitrogen and oxygen atoms in total. The molecule has 2 aromatic carbocycles. The first-order valence-corrected chi connectivity index (χ1v) is 9.03. The molecule has 5 rings (SSSR count). The number of fused-ring (bicyclic) bond motifs is 2. The van der Waals surface area contributed by atoms with Gasteiger partial charge < -0.3 is 20.0 Å². The standard InChI is InChI=1S/C19H13BrN6O/c20-16-10-22-18-17(26-16)15(9-21-18)25-19-23-13-7-6-12(8-14(13)24-19)27-11-4-2-1-3-5-11/h1-10H,(H,21,22)(H2,23,24,25). The van der Waals surface area contributed by atoms with Gasteiger partial charge in [0.25, 0.3) is 0 Å². The quantitative estimate of drug-likeness (QED) is 0.374. The van der Waals surface area contributed by atoms with Crippen LogP contribution in [0.3, 0.4) is 0 Å². The Balaban J connectivity index is 1.45. The minimum Gasteiger partial charge on any atom is -0.457 e. The summed E-state index contributed by atoms with van der Waals surface area (Å²) in [6, 6.07) is 15.4. The Morgan fingerprint density at radius 1 is 1.00 bits per heavy atom. The summed E-state index contributed by atoms with van der Waals surface area (Å²) < 4.78 is 6.54. The van der Waals surface area contributed by atoms with Crippen LogP contribution in [0.4, 0.5) is 11.6 Å². The number of nitrogens with zero attached hydrogens (tertiary/aromatic N) is 3. The molecular formula is C19H13BrN6O. The predicted molar refractivity (Wildman–Crippen MR) is 107 cm³/mol. The number of rotatable bonds is 4. The van der Waals surface area contributed by atoms with Crippen molar-refractivity contribution in [1.82, 2.24) is 24.9 Å². The summed E-state index contributed by atoms with van der Waals surface area (Å²) >= 11 is 3.35. The summed E-state index contributed by atoms with van der Waals surface area (Å²) in [6.07, 6.45) is 3.46.